The minimum atomic E-state index is -3.50. The first-order valence-corrected chi connectivity index (χ1v) is 8.38. The number of rotatable bonds is 6. The molecule has 102 valence electrons. The summed E-state index contributed by atoms with van der Waals surface area (Å²) in [5.74, 6) is 0. The summed E-state index contributed by atoms with van der Waals surface area (Å²) in [4.78, 5) is 0.829. The molecular formula is C11H18N2O2S3. The predicted octanol–water partition coefficient (Wildman–Crippen LogP) is 2.24. The smallest absolute Gasteiger partial charge is 0.250 e. The normalized spacial score (nSPS) is 12.6. The van der Waals surface area contributed by atoms with Crippen molar-refractivity contribution in [1.82, 2.24) is 4.72 Å². The van der Waals surface area contributed by atoms with Gasteiger partial charge in [0.25, 0.3) is 10.0 Å². The maximum absolute atomic E-state index is 12.2. The Morgan fingerprint density at radius 1 is 1.44 bits per heavy atom. The zero-order valence-corrected chi connectivity index (χ0v) is 13.1. The van der Waals surface area contributed by atoms with Gasteiger partial charge in [-0.05, 0) is 31.9 Å². The van der Waals surface area contributed by atoms with Gasteiger partial charge in [-0.3, -0.25) is 0 Å². The van der Waals surface area contributed by atoms with Gasteiger partial charge < -0.3 is 5.73 Å². The van der Waals surface area contributed by atoms with Gasteiger partial charge in [0.15, 0.2) is 0 Å². The van der Waals surface area contributed by atoms with E-state index in [0.29, 0.717) is 4.88 Å². The molecule has 0 unspecified atom stereocenters. The number of thiophene rings is 1. The molecule has 0 aliphatic rings. The molecule has 4 nitrogen and oxygen atoms in total. The molecule has 1 heterocycles. The molecule has 0 atom stereocenters. The van der Waals surface area contributed by atoms with Gasteiger partial charge in [0.05, 0.1) is 4.88 Å². The van der Waals surface area contributed by atoms with E-state index in [4.69, 9.17) is 18.0 Å². The van der Waals surface area contributed by atoms with Crippen molar-refractivity contribution in [2.75, 3.05) is 0 Å². The Balaban J connectivity index is 3.03. The van der Waals surface area contributed by atoms with Gasteiger partial charge in [-0.1, -0.05) is 26.1 Å². The number of thiocarbonyl (C=S) groups is 1. The molecule has 0 saturated carbocycles. The highest BCUT2D eigenvalue weighted by Crippen LogP contribution is 2.24. The van der Waals surface area contributed by atoms with Gasteiger partial charge in [0, 0.05) is 5.54 Å². The predicted molar refractivity (Wildman–Crippen MR) is 79.5 cm³/mol. The Labute approximate surface area is 118 Å². The highest BCUT2D eigenvalue weighted by molar-refractivity contribution is 7.91. The van der Waals surface area contributed by atoms with Gasteiger partial charge in [0.2, 0.25) is 0 Å². The molecule has 1 aromatic rings. The zero-order valence-electron chi connectivity index (χ0n) is 10.7. The standard InChI is InChI=1S/C11H18N2O2S3/c1-4-11(3,5-2)13-18(14,15)9-7-6-8(17-9)10(12)16/h6-7,13H,4-5H2,1-3H3,(H2,12,16). The molecule has 3 N–H and O–H groups in total. The summed E-state index contributed by atoms with van der Waals surface area (Å²) in [6.45, 7) is 5.81. The number of nitrogens with two attached hydrogens (primary N) is 1. The molecule has 0 amide bonds. The minimum absolute atomic E-state index is 0.218. The molecule has 7 heteroatoms. The van der Waals surface area contributed by atoms with Crippen molar-refractivity contribution in [1.29, 1.82) is 0 Å². The van der Waals surface area contributed by atoms with Gasteiger partial charge in [-0.25, -0.2) is 13.1 Å². The third-order valence-electron chi connectivity index (χ3n) is 3.03. The lowest BCUT2D eigenvalue weighted by atomic mass is 9.98. The second-order valence-corrected chi connectivity index (χ2v) is 7.79. The molecule has 0 bridgehead atoms. The lowest BCUT2D eigenvalue weighted by Gasteiger charge is -2.27. The lowest BCUT2D eigenvalue weighted by Crippen LogP contribution is -2.44. The Morgan fingerprint density at radius 2 is 2.00 bits per heavy atom. The second-order valence-electron chi connectivity index (χ2n) is 4.36. The van der Waals surface area contributed by atoms with Crippen molar-refractivity contribution in [3.05, 3.63) is 17.0 Å². The Bertz CT molecular complexity index is 530. The van der Waals surface area contributed by atoms with Crippen LogP contribution >= 0.6 is 23.6 Å². The third-order valence-corrected chi connectivity index (χ3v) is 6.63. The molecule has 0 aliphatic carbocycles. The number of hydrogen-bond donors (Lipinski definition) is 2. The van der Waals surface area contributed by atoms with Crippen LogP contribution in [0.15, 0.2) is 16.3 Å². The SMILES string of the molecule is CCC(C)(CC)NS(=O)(=O)c1ccc(C(N)=S)s1. The molecule has 18 heavy (non-hydrogen) atoms. The van der Waals surface area contributed by atoms with Crippen LogP contribution in [-0.2, 0) is 10.0 Å². The third kappa shape index (κ3) is 3.50. The second kappa shape index (κ2) is 5.64. The quantitative estimate of drug-likeness (QED) is 0.791. The molecule has 0 aliphatic heterocycles. The van der Waals surface area contributed by atoms with Gasteiger partial charge in [-0.15, -0.1) is 11.3 Å². The summed E-state index contributed by atoms with van der Waals surface area (Å²) < 4.78 is 27.4. The first-order valence-electron chi connectivity index (χ1n) is 5.67. The highest BCUT2D eigenvalue weighted by atomic mass is 32.2. The van der Waals surface area contributed by atoms with Crippen LogP contribution < -0.4 is 10.5 Å². The first kappa shape index (κ1) is 15.6. The average molecular weight is 306 g/mol. The summed E-state index contributed by atoms with van der Waals surface area (Å²) in [5, 5.41) is 0. The average Bonchev–Trinajstić information content (AvgIpc) is 2.78. The Hall–Kier alpha value is -0.500. The van der Waals surface area contributed by atoms with Crippen molar-refractivity contribution >= 4 is 38.6 Å². The monoisotopic (exact) mass is 306 g/mol. The van der Waals surface area contributed by atoms with Crippen LogP contribution in [0.25, 0.3) is 0 Å². The molecular weight excluding hydrogens is 288 g/mol. The van der Waals surface area contributed by atoms with Crippen LogP contribution in [-0.4, -0.2) is 18.9 Å². The van der Waals surface area contributed by atoms with Crippen molar-refractivity contribution < 1.29 is 8.42 Å². The number of hydrogen-bond acceptors (Lipinski definition) is 4. The van der Waals surface area contributed by atoms with Crippen LogP contribution in [0, 0.1) is 0 Å². The van der Waals surface area contributed by atoms with E-state index < -0.39 is 15.6 Å². The maximum atomic E-state index is 12.2. The summed E-state index contributed by atoms with van der Waals surface area (Å²) in [6, 6.07) is 3.17. The fourth-order valence-corrected chi connectivity index (χ4v) is 4.27. The van der Waals surface area contributed by atoms with Gasteiger partial charge in [-0.2, -0.15) is 0 Å². The van der Waals surface area contributed by atoms with E-state index in [-0.39, 0.29) is 9.20 Å². The molecule has 1 aromatic heterocycles. The molecule has 0 spiro atoms. The maximum Gasteiger partial charge on any atom is 0.250 e. The van der Waals surface area contributed by atoms with E-state index in [1.165, 1.54) is 6.07 Å². The molecule has 1 rings (SSSR count). The van der Waals surface area contributed by atoms with Crippen LogP contribution in [0.5, 0.6) is 0 Å². The van der Waals surface area contributed by atoms with E-state index in [1.54, 1.807) is 6.07 Å². The Kier molecular flexibility index (Phi) is 4.88. The Morgan fingerprint density at radius 3 is 2.39 bits per heavy atom. The summed E-state index contributed by atoms with van der Waals surface area (Å²) in [6.07, 6.45) is 1.46. The van der Waals surface area contributed by atoms with Crippen molar-refractivity contribution in [3.63, 3.8) is 0 Å². The summed E-state index contributed by atoms with van der Waals surface area (Å²) in [5.41, 5.74) is 5.05. The fraction of sp³-hybridized carbons (Fsp3) is 0.545. The van der Waals surface area contributed by atoms with Gasteiger partial charge >= 0.3 is 0 Å². The van der Waals surface area contributed by atoms with Crippen molar-refractivity contribution in [2.45, 2.75) is 43.4 Å². The molecule has 0 radical (unpaired) electrons. The van der Waals surface area contributed by atoms with Gasteiger partial charge in [0.1, 0.15) is 9.20 Å². The number of sulfonamides is 1. The van der Waals surface area contributed by atoms with E-state index in [9.17, 15) is 8.42 Å². The summed E-state index contributed by atoms with van der Waals surface area (Å²) >= 11 is 5.92. The van der Waals surface area contributed by atoms with E-state index in [1.807, 2.05) is 20.8 Å². The van der Waals surface area contributed by atoms with Crippen molar-refractivity contribution in [3.8, 4) is 0 Å². The topological polar surface area (TPSA) is 72.2 Å². The van der Waals surface area contributed by atoms with Crippen molar-refractivity contribution in [2.24, 2.45) is 5.73 Å². The molecule has 0 fully saturated rings. The molecule has 0 aromatic carbocycles. The molecule has 0 saturated heterocycles. The highest BCUT2D eigenvalue weighted by Gasteiger charge is 2.28. The summed E-state index contributed by atoms with van der Waals surface area (Å²) in [7, 11) is -3.50. The zero-order chi connectivity index (χ0) is 14.0. The van der Waals surface area contributed by atoms with E-state index >= 15 is 0 Å². The minimum Gasteiger partial charge on any atom is -0.389 e. The lowest BCUT2D eigenvalue weighted by molar-refractivity contribution is 0.389. The number of nitrogens with one attached hydrogen (secondary N) is 1. The first-order chi connectivity index (χ1) is 8.24. The van der Waals surface area contributed by atoms with Crippen LogP contribution in [0.4, 0.5) is 0 Å². The van der Waals surface area contributed by atoms with E-state index in [0.717, 1.165) is 24.2 Å². The fourth-order valence-electron chi connectivity index (χ4n) is 1.37. The largest absolute Gasteiger partial charge is 0.389 e. The van der Waals surface area contributed by atoms with Crippen LogP contribution in [0.2, 0.25) is 0 Å². The van der Waals surface area contributed by atoms with Crippen LogP contribution in [0.1, 0.15) is 38.5 Å². The van der Waals surface area contributed by atoms with E-state index in [2.05, 4.69) is 4.72 Å². The van der Waals surface area contributed by atoms with Crippen LogP contribution in [0.3, 0.4) is 0 Å².